The van der Waals surface area contributed by atoms with Crippen molar-refractivity contribution in [1.29, 1.82) is 0 Å². The highest BCUT2D eigenvalue weighted by Gasteiger charge is 2.47. The van der Waals surface area contributed by atoms with Gasteiger partial charge in [-0.05, 0) is 18.9 Å². The summed E-state index contributed by atoms with van der Waals surface area (Å²) in [6, 6.07) is 0. The van der Waals surface area contributed by atoms with Gasteiger partial charge in [0, 0.05) is 19.3 Å². The monoisotopic (exact) mass is 263 g/mol. The van der Waals surface area contributed by atoms with Crippen molar-refractivity contribution in [2.45, 2.75) is 20.3 Å². The van der Waals surface area contributed by atoms with Crippen LogP contribution >= 0.6 is 0 Å². The zero-order valence-corrected chi connectivity index (χ0v) is 11.5. The molecule has 0 saturated carbocycles. The Hall–Kier alpha value is -0.620. The van der Waals surface area contributed by atoms with E-state index in [1.807, 2.05) is 18.7 Å². The first-order valence-corrected chi connectivity index (χ1v) is 7.87. The van der Waals surface area contributed by atoms with Crippen LogP contribution in [0.3, 0.4) is 0 Å². The van der Waals surface area contributed by atoms with E-state index in [1.54, 1.807) is 0 Å². The zero-order valence-electron chi connectivity index (χ0n) is 10.6. The molecule has 1 N–H and O–H groups in total. The maximum Gasteiger partial charge on any atom is 0.311 e. The van der Waals surface area contributed by atoms with Crippen LogP contribution in [0.5, 0.6) is 0 Å². The quantitative estimate of drug-likeness (QED) is 0.780. The topological polar surface area (TPSA) is 74.7 Å². The summed E-state index contributed by atoms with van der Waals surface area (Å²) < 4.78 is 22.1. The normalized spacial score (nSPS) is 26.6. The lowest BCUT2D eigenvalue weighted by molar-refractivity contribution is -0.150. The molecule has 0 radical (unpaired) electrons. The second kappa shape index (κ2) is 4.94. The van der Waals surface area contributed by atoms with Gasteiger partial charge in [0.1, 0.15) is 9.84 Å². The summed E-state index contributed by atoms with van der Waals surface area (Å²) in [5.41, 5.74) is -0.711. The molecule has 0 bridgehead atoms. The molecule has 1 atom stereocenters. The van der Waals surface area contributed by atoms with Crippen LogP contribution in [0.4, 0.5) is 0 Å². The van der Waals surface area contributed by atoms with Gasteiger partial charge in [0.05, 0.1) is 11.2 Å². The van der Waals surface area contributed by atoms with E-state index in [2.05, 4.69) is 0 Å². The van der Waals surface area contributed by atoms with Gasteiger partial charge in [0.25, 0.3) is 0 Å². The summed E-state index contributed by atoms with van der Waals surface area (Å²) in [5, 5.41) is 9.34. The molecule has 1 fully saturated rings. The molecular weight excluding hydrogens is 242 g/mol. The smallest absolute Gasteiger partial charge is 0.311 e. The Balaban J connectivity index is 2.65. The molecule has 5 nitrogen and oxygen atoms in total. The van der Waals surface area contributed by atoms with Gasteiger partial charge in [-0.25, -0.2) is 8.42 Å². The molecule has 0 aromatic carbocycles. The lowest BCUT2D eigenvalue weighted by Gasteiger charge is -2.28. The van der Waals surface area contributed by atoms with Crippen LogP contribution in [0.15, 0.2) is 0 Å². The molecule has 6 heteroatoms. The second-order valence-corrected chi connectivity index (χ2v) is 7.53. The van der Waals surface area contributed by atoms with E-state index in [4.69, 9.17) is 0 Å². The summed E-state index contributed by atoms with van der Waals surface area (Å²) in [7, 11) is -2.98. The second-order valence-electron chi connectivity index (χ2n) is 5.27. The fraction of sp³-hybridized carbons (Fsp3) is 0.909. The van der Waals surface area contributed by atoms with Crippen molar-refractivity contribution < 1.29 is 18.3 Å². The molecule has 1 aliphatic heterocycles. The van der Waals surface area contributed by atoms with E-state index < -0.39 is 21.2 Å². The minimum atomic E-state index is -2.98. The molecule has 0 aromatic heterocycles. The number of rotatable bonds is 5. The van der Waals surface area contributed by atoms with Crippen molar-refractivity contribution in [3.05, 3.63) is 0 Å². The number of sulfone groups is 1. The van der Waals surface area contributed by atoms with Crippen molar-refractivity contribution in [2.75, 3.05) is 31.6 Å². The predicted molar refractivity (Wildman–Crippen MR) is 65.7 cm³/mol. The molecule has 0 spiro atoms. The summed E-state index contributed by atoms with van der Waals surface area (Å²) in [6.45, 7) is 5.37. The first kappa shape index (κ1) is 14.4. The number of carbonyl (C=O) groups is 1. The van der Waals surface area contributed by atoms with Crippen molar-refractivity contribution in [2.24, 2.45) is 11.3 Å². The van der Waals surface area contributed by atoms with Gasteiger partial charge in [-0.3, -0.25) is 4.79 Å². The van der Waals surface area contributed by atoms with Crippen LogP contribution in [0.2, 0.25) is 0 Å². The van der Waals surface area contributed by atoms with Gasteiger partial charge in [0.2, 0.25) is 0 Å². The molecule has 0 amide bonds. The molecule has 0 aliphatic carbocycles. The highest BCUT2D eigenvalue weighted by atomic mass is 32.2. The third-order valence-electron chi connectivity index (χ3n) is 3.69. The van der Waals surface area contributed by atoms with E-state index >= 15 is 0 Å². The van der Waals surface area contributed by atoms with Gasteiger partial charge in [-0.1, -0.05) is 13.8 Å². The minimum Gasteiger partial charge on any atom is -0.481 e. The number of aliphatic carboxylic acids is 1. The molecule has 1 heterocycles. The molecule has 0 aromatic rings. The van der Waals surface area contributed by atoms with Gasteiger partial charge in [-0.15, -0.1) is 0 Å². The predicted octanol–water partition coefficient (Wildman–Crippen LogP) is 0.464. The van der Waals surface area contributed by atoms with Crippen molar-refractivity contribution in [3.63, 3.8) is 0 Å². The summed E-state index contributed by atoms with van der Waals surface area (Å²) in [6.07, 6.45) is 1.81. The van der Waals surface area contributed by atoms with Gasteiger partial charge < -0.3 is 10.0 Å². The fourth-order valence-electron chi connectivity index (χ4n) is 2.29. The molecule has 100 valence electrons. The number of carboxylic acids is 1. The minimum absolute atomic E-state index is 0.0585. The molecule has 1 unspecified atom stereocenters. The van der Waals surface area contributed by atoms with E-state index in [-0.39, 0.29) is 11.7 Å². The van der Waals surface area contributed by atoms with Crippen LogP contribution in [-0.4, -0.2) is 56.0 Å². The maximum atomic E-state index is 11.4. The van der Waals surface area contributed by atoms with Crippen LogP contribution in [0.1, 0.15) is 20.3 Å². The molecule has 1 rings (SSSR count). The standard InChI is InChI=1S/C11H21NO4S/c1-9(2)11(10(13)14)4-5-12(8-11)6-7-17(3,15)16/h9H,4-8H2,1-3H3,(H,13,14). The Kier molecular flexibility index (Phi) is 4.19. The average Bonchev–Trinajstić information content (AvgIpc) is 2.58. The lowest BCUT2D eigenvalue weighted by Crippen LogP contribution is -2.40. The van der Waals surface area contributed by atoms with E-state index in [1.165, 1.54) is 6.26 Å². The molecule has 1 aliphatic rings. The van der Waals surface area contributed by atoms with E-state index in [0.29, 0.717) is 26.1 Å². The van der Waals surface area contributed by atoms with Crippen molar-refractivity contribution in [1.82, 2.24) is 4.90 Å². The molecule has 1 saturated heterocycles. The SMILES string of the molecule is CC(C)C1(C(=O)O)CCN(CCS(C)(=O)=O)C1. The van der Waals surface area contributed by atoms with Crippen molar-refractivity contribution in [3.8, 4) is 0 Å². The van der Waals surface area contributed by atoms with E-state index in [9.17, 15) is 18.3 Å². The summed E-state index contributed by atoms with van der Waals surface area (Å²) >= 11 is 0. The first-order chi connectivity index (χ1) is 7.67. The third-order valence-corrected chi connectivity index (χ3v) is 4.61. The number of nitrogens with zero attached hydrogens (tertiary/aromatic N) is 1. The Labute approximate surface area is 103 Å². The molecule has 17 heavy (non-hydrogen) atoms. The Morgan fingerprint density at radius 1 is 1.47 bits per heavy atom. The lowest BCUT2D eigenvalue weighted by atomic mass is 9.76. The third kappa shape index (κ3) is 3.42. The number of carboxylic acid groups (broad SMARTS) is 1. The average molecular weight is 263 g/mol. The highest BCUT2D eigenvalue weighted by molar-refractivity contribution is 7.90. The number of hydrogen-bond donors (Lipinski definition) is 1. The van der Waals surface area contributed by atoms with E-state index in [0.717, 1.165) is 0 Å². The van der Waals surface area contributed by atoms with Crippen LogP contribution in [0.25, 0.3) is 0 Å². The Bertz CT molecular complexity index is 390. The Morgan fingerprint density at radius 2 is 2.06 bits per heavy atom. The van der Waals surface area contributed by atoms with Gasteiger partial charge in [0.15, 0.2) is 0 Å². The Morgan fingerprint density at radius 3 is 2.41 bits per heavy atom. The summed E-state index contributed by atoms with van der Waals surface area (Å²) in [5.74, 6) is -0.613. The summed E-state index contributed by atoms with van der Waals surface area (Å²) in [4.78, 5) is 13.3. The maximum absolute atomic E-state index is 11.4. The first-order valence-electron chi connectivity index (χ1n) is 5.81. The van der Waals surface area contributed by atoms with Crippen LogP contribution in [0, 0.1) is 11.3 Å². The van der Waals surface area contributed by atoms with Gasteiger partial charge in [-0.2, -0.15) is 0 Å². The number of hydrogen-bond acceptors (Lipinski definition) is 4. The highest BCUT2D eigenvalue weighted by Crippen LogP contribution is 2.37. The molecular formula is C11H21NO4S. The number of likely N-dealkylation sites (tertiary alicyclic amines) is 1. The van der Waals surface area contributed by atoms with Crippen molar-refractivity contribution >= 4 is 15.8 Å². The van der Waals surface area contributed by atoms with Crippen LogP contribution in [-0.2, 0) is 14.6 Å². The van der Waals surface area contributed by atoms with Crippen LogP contribution < -0.4 is 0 Å². The largest absolute Gasteiger partial charge is 0.481 e. The fourth-order valence-corrected chi connectivity index (χ4v) is 2.88. The van der Waals surface area contributed by atoms with Gasteiger partial charge >= 0.3 is 5.97 Å². The zero-order chi connectivity index (χ0) is 13.3.